The summed E-state index contributed by atoms with van der Waals surface area (Å²) in [5, 5.41) is 11.7. The number of rotatable bonds is 8. The predicted octanol–water partition coefficient (Wildman–Crippen LogP) is 1.29. The lowest BCUT2D eigenvalue weighted by Gasteiger charge is -2.56. The molecule has 0 spiro atoms. The van der Waals surface area contributed by atoms with Gasteiger partial charge in [-0.3, -0.25) is 9.59 Å². The van der Waals surface area contributed by atoms with E-state index in [0.29, 0.717) is 19.6 Å². The fourth-order valence-corrected chi connectivity index (χ4v) is 5.80. The molecule has 0 aromatic carbocycles. The maximum Gasteiger partial charge on any atom is 0.315 e. The molecule has 150 valence electrons. The van der Waals surface area contributed by atoms with Gasteiger partial charge in [0.15, 0.2) is 0 Å². The zero-order valence-electron chi connectivity index (χ0n) is 16.0. The monoisotopic (exact) mass is 376 g/mol. The van der Waals surface area contributed by atoms with Gasteiger partial charge in [-0.05, 0) is 69.1 Å². The highest BCUT2D eigenvalue weighted by Gasteiger charge is 2.51. The van der Waals surface area contributed by atoms with Gasteiger partial charge in [0.2, 0.25) is 11.8 Å². The van der Waals surface area contributed by atoms with Gasteiger partial charge in [-0.1, -0.05) is 0 Å². The lowest BCUT2D eigenvalue weighted by atomic mass is 9.53. The number of urea groups is 1. The molecule has 0 aromatic rings. The summed E-state index contributed by atoms with van der Waals surface area (Å²) in [6.07, 6.45) is 9.64. The van der Waals surface area contributed by atoms with E-state index in [9.17, 15) is 14.4 Å². The molecule has 5 saturated carbocycles. The fourth-order valence-electron chi connectivity index (χ4n) is 5.80. The largest absolute Gasteiger partial charge is 0.354 e. The van der Waals surface area contributed by atoms with Gasteiger partial charge in [0.25, 0.3) is 0 Å². The molecule has 5 fully saturated rings. The Kier molecular flexibility index (Phi) is 5.28. The van der Waals surface area contributed by atoms with Gasteiger partial charge in [-0.15, -0.1) is 0 Å². The number of carbonyl (C=O) groups is 3. The topological polar surface area (TPSA) is 99.3 Å². The quantitative estimate of drug-likeness (QED) is 0.480. The fraction of sp³-hybridized carbons (Fsp3) is 0.850. The Bertz CT molecular complexity index is 567. The third-order valence-electron chi connectivity index (χ3n) is 6.75. The smallest absolute Gasteiger partial charge is 0.315 e. The van der Waals surface area contributed by atoms with Gasteiger partial charge in [-0.2, -0.15) is 0 Å². The van der Waals surface area contributed by atoms with Crippen molar-refractivity contribution < 1.29 is 14.4 Å². The molecule has 0 unspecified atom stereocenters. The van der Waals surface area contributed by atoms with Crippen LogP contribution < -0.4 is 21.3 Å². The molecule has 5 rings (SSSR count). The van der Waals surface area contributed by atoms with Crippen LogP contribution in [0, 0.1) is 23.7 Å². The molecule has 0 heterocycles. The molecule has 4 amide bonds. The Labute approximate surface area is 160 Å². The third-order valence-corrected chi connectivity index (χ3v) is 6.75. The van der Waals surface area contributed by atoms with E-state index in [1.807, 2.05) is 0 Å². The summed E-state index contributed by atoms with van der Waals surface area (Å²) in [5.41, 5.74) is 0.000850. The van der Waals surface area contributed by atoms with Crippen LogP contribution in [-0.2, 0) is 9.59 Å². The maximum absolute atomic E-state index is 12.3. The summed E-state index contributed by atoms with van der Waals surface area (Å²) < 4.78 is 0. The van der Waals surface area contributed by atoms with Gasteiger partial charge in [-0.25, -0.2) is 4.79 Å². The van der Waals surface area contributed by atoms with E-state index in [0.717, 1.165) is 49.9 Å². The summed E-state index contributed by atoms with van der Waals surface area (Å²) in [7, 11) is 0. The van der Waals surface area contributed by atoms with Crippen LogP contribution in [0.15, 0.2) is 0 Å². The third kappa shape index (κ3) is 4.74. The molecule has 4 bridgehead atoms. The second kappa shape index (κ2) is 7.68. The van der Waals surface area contributed by atoms with Gasteiger partial charge >= 0.3 is 6.03 Å². The zero-order valence-corrected chi connectivity index (χ0v) is 16.0. The van der Waals surface area contributed by atoms with Gasteiger partial charge in [0, 0.05) is 37.5 Å². The average Bonchev–Trinajstić information content (AvgIpc) is 3.42. The van der Waals surface area contributed by atoms with Crippen molar-refractivity contribution in [1.82, 2.24) is 21.3 Å². The highest BCUT2D eigenvalue weighted by molar-refractivity contribution is 5.81. The first-order valence-electron chi connectivity index (χ1n) is 10.6. The summed E-state index contributed by atoms with van der Waals surface area (Å²) in [6, 6.07) is -0.138. The van der Waals surface area contributed by atoms with Crippen LogP contribution >= 0.6 is 0 Å². The first kappa shape index (κ1) is 18.6. The molecule has 7 heteroatoms. The van der Waals surface area contributed by atoms with Gasteiger partial charge < -0.3 is 21.3 Å². The molecule has 0 aromatic heterocycles. The standard InChI is InChI=1S/C20H32N4O3/c25-17(21-5-6-22-18(26)16-1-2-16)3-4-23-19(27)24-20-10-13-7-14(11-20)9-15(8-13)12-20/h13-16H,1-12H2,(H,21,25)(H,22,26)(H2,23,24,27). The van der Waals surface area contributed by atoms with E-state index in [-0.39, 0.29) is 35.7 Å². The Balaban J connectivity index is 1.09. The maximum atomic E-state index is 12.3. The molecule has 0 atom stereocenters. The Hall–Kier alpha value is -1.79. The minimum Gasteiger partial charge on any atom is -0.354 e. The highest BCUT2D eigenvalue weighted by atomic mass is 16.2. The number of amides is 4. The van der Waals surface area contributed by atoms with Crippen LogP contribution in [0.5, 0.6) is 0 Å². The van der Waals surface area contributed by atoms with Crippen LogP contribution in [0.2, 0.25) is 0 Å². The molecule has 5 aliphatic rings. The molecule has 0 radical (unpaired) electrons. The summed E-state index contributed by atoms with van der Waals surface area (Å²) in [4.78, 5) is 35.6. The minimum absolute atomic E-state index is 0.000850. The minimum atomic E-state index is -0.138. The number of hydrogen-bond acceptors (Lipinski definition) is 3. The van der Waals surface area contributed by atoms with E-state index in [2.05, 4.69) is 21.3 Å². The lowest BCUT2D eigenvalue weighted by Crippen LogP contribution is -2.61. The molecule has 27 heavy (non-hydrogen) atoms. The second-order valence-electron chi connectivity index (χ2n) is 9.24. The van der Waals surface area contributed by atoms with Crippen LogP contribution in [0.4, 0.5) is 4.79 Å². The van der Waals surface area contributed by atoms with Crippen LogP contribution in [-0.4, -0.2) is 43.0 Å². The van der Waals surface area contributed by atoms with E-state index < -0.39 is 0 Å². The summed E-state index contributed by atoms with van der Waals surface area (Å²) >= 11 is 0. The van der Waals surface area contributed by atoms with Crippen molar-refractivity contribution in [2.45, 2.75) is 63.3 Å². The number of nitrogens with one attached hydrogen (secondary N) is 4. The van der Waals surface area contributed by atoms with Gasteiger partial charge in [0.1, 0.15) is 0 Å². The predicted molar refractivity (Wildman–Crippen MR) is 101 cm³/mol. The van der Waals surface area contributed by atoms with E-state index >= 15 is 0 Å². The van der Waals surface area contributed by atoms with Crippen molar-refractivity contribution in [3.63, 3.8) is 0 Å². The van der Waals surface area contributed by atoms with Crippen LogP contribution in [0.25, 0.3) is 0 Å². The molecule has 7 nitrogen and oxygen atoms in total. The van der Waals surface area contributed by atoms with Crippen LogP contribution in [0.3, 0.4) is 0 Å². The lowest BCUT2D eigenvalue weighted by molar-refractivity contribution is -0.123. The van der Waals surface area contributed by atoms with E-state index in [1.54, 1.807) is 0 Å². The molecule has 0 saturated heterocycles. The summed E-state index contributed by atoms with van der Waals surface area (Å²) in [6.45, 7) is 1.22. The second-order valence-corrected chi connectivity index (χ2v) is 9.24. The van der Waals surface area contributed by atoms with Crippen molar-refractivity contribution in [1.29, 1.82) is 0 Å². The van der Waals surface area contributed by atoms with Crippen molar-refractivity contribution >= 4 is 17.8 Å². The molecule has 4 N–H and O–H groups in total. The average molecular weight is 377 g/mol. The molecule has 0 aliphatic heterocycles. The Morgan fingerprint density at radius 3 is 1.96 bits per heavy atom. The van der Waals surface area contributed by atoms with E-state index in [4.69, 9.17) is 0 Å². The number of hydrogen-bond donors (Lipinski definition) is 4. The number of carbonyl (C=O) groups excluding carboxylic acids is 3. The van der Waals surface area contributed by atoms with E-state index in [1.165, 1.54) is 19.3 Å². The van der Waals surface area contributed by atoms with Crippen molar-refractivity contribution in [2.24, 2.45) is 23.7 Å². The zero-order chi connectivity index (χ0) is 18.9. The Morgan fingerprint density at radius 2 is 1.37 bits per heavy atom. The normalized spacial score (nSPS) is 33.4. The van der Waals surface area contributed by atoms with Crippen molar-refractivity contribution in [3.05, 3.63) is 0 Å². The van der Waals surface area contributed by atoms with Crippen molar-refractivity contribution in [2.75, 3.05) is 19.6 Å². The highest BCUT2D eigenvalue weighted by Crippen LogP contribution is 2.55. The van der Waals surface area contributed by atoms with Crippen molar-refractivity contribution in [3.8, 4) is 0 Å². The van der Waals surface area contributed by atoms with Crippen LogP contribution in [0.1, 0.15) is 57.8 Å². The van der Waals surface area contributed by atoms with Gasteiger partial charge in [0.05, 0.1) is 0 Å². The summed E-state index contributed by atoms with van der Waals surface area (Å²) in [5.74, 6) is 2.56. The first-order chi connectivity index (χ1) is 13.0. The molecule has 5 aliphatic carbocycles. The molecular weight excluding hydrogens is 344 g/mol. The molecular formula is C20H32N4O3. The Morgan fingerprint density at radius 1 is 0.778 bits per heavy atom. The SMILES string of the molecule is O=C(CCNC(=O)NC12CC3CC(CC(C3)C1)C2)NCCNC(=O)C1CC1. The first-order valence-corrected chi connectivity index (χ1v) is 10.6.